The van der Waals surface area contributed by atoms with Crippen LogP contribution in [0.4, 0.5) is 0 Å². The second kappa shape index (κ2) is 5.38. The van der Waals surface area contributed by atoms with Gasteiger partial charge in [-0.15, -0.1) is 0 Å². The monoisotopic (exact) mass is 327 g/mol. The fourth-order valence-electron chi connectivity index (χ4n) is 4.18. The smallest absolute Gasteiger partial charge is 0.159 e. The average Bonchev–Trinajstić information content (AvgIpc) is 3.16. The van der Waals surface area contributed by atoms with Gasteiger partial charge in [0.05, 0.1) is 5.52 Å². The van der Waals surface area contributed by atoms with Crippen LogP contribution in [0.3, 0.4) is 0 Å². The molecule has 0 saturated heterocycles. The number of unbranched alkanes of at least 4 members (excludes halogenated alkanes) is 1. The van der Waals surface area contributed by atoms with Crippen LogP contribution in [0.2, 0.25) is 0 Å². The Kier molecular flexibility index (Phi) is 3.14. The van der Waals surface area contributed by atoms with Crippen LogP contribution in [0.1, 0.15) is 25.3 Å². The van der Waals surface area contributed by atoms with Gasteiger partial charge < -0.3 is 8.98 Å². The Morgan fingerprint density at radius 3 is 2.60 bits per heavy atom. The van der Waals surface area contributed by atoms with Gasteiger partial charge >= 0.3 is 0 Å². The highest BCUT2D eigenvalue weighted by atomic mass is 16.3. The summed E-state index contributed by atoms with van der Waals surface area (Å²) in [5, 5.41) is 5.08. The van der Waals surface area contributed by atoms with E-state index in [1.54, 1.807) is 0 Å². The van der Waals surface area contributed by atoms with Gasteiger partial charge in [0.1, 0.15) is 5.58 Å². The Morgan fingerprint density at radius 2 is 1.72 bits per heavy atom. The fourth-order valence-corrected chi connectivity index (χ4v) is 4.18. The van der Waals surface area contributed by atoms with E-state index in [2.05, 4.69) is 67.1 Å². The van der Waals surface area contributed by atoms with Crippen molar-refractivity contribution in [2.24, 2.45) is 7.05 Å². The number of aromatic nitrogens is 1. The van der Waals surface area contributed by atoms with E-state index in [4.69, 9.17) is 4.42 Å². The van der Waals surface area contributed by atoms with Crippen LogP contribution >= 0.6 is 0 Å². The highest BCUT2D eigenvalue weighted by Gasteiger charge is 2.17. The van der Waals surface area contributed by atoms with E-state index in [0.717, 1.165) is 17.6 Å². The zero-order chi connectivity index (χ0) is 17.0. The van der Waals surface area contributed by atoms with Gasteiger partial charge in [0.25, 0.3) is 0 Å². The van der Waals surface area contributed by atoms with E-state index in [9.17, 15) is 0 Å². The van der Waals surface area contributed by atoms with Gasteiger partial charge in [-0.25, -0.2) is 0 Å². The molecule has 124 valence electrons. The number of para-hydroxylation sites is 1. The number of rotatable bonds is 3. The predicted molar refractivity (Wildman–Crippen MR) is 106 cm³/mol. The first kappa shape index (κ1) is 14.6. The number of fused-ring (bicyclic) bond motifs is 7. The first-order valence-corrected chi connectivity index (χ1v) is 9.10. The number of furan rings is 1. The lowest BCUT2D eigenvalue weighted by molar-refractivity contribution is 0.670. The molecule has 0 unspecified atom stereocenters. The van der Waals surface area contributed by atoms with Crippen molar-refractivity contribution in [2.75, 3.05) is 0 Å². The molecule has 0 bridgehead atoms. The summed E-state index contributed by atoms with van der Waals surface area (Å²) in [7, 11) is 2.15. The molecule has 2 heterocycles. The minimum Gasteiger partial charge on any atom is -0.454 e. The molecule has 3 aromatic carbocycles. The van der Waals surface area contributed by atoms with E-state index in [1.165, 1.54) is 51.0 Å². The summed E-state index contributed by atoms with van der Waals surface area (Å²) >= 11 is 0. The summed E-state index contributed by atoms with van der Waals surface area (Å²) in [6.07, 6.45) is 3.57. The lowest BCUT2D eigenvalue weighted by atomic mass is 10.0. The summed E-state index contributed by atoms with van der Waals surface area (Å²) in [6, 6.07) is 19.5. The molecule has 0 N–H and O–H groups in total. The standard InChI is InChI=1S/C23H21NO/c1-3-4-8-15-9-7-11-19-21(15)18-14-13-17-16-10-5-6-12-20(16)25-23(17)22(18)24(19)2/h5-7,9-14H,3-4,8H2,1-2H3. The number of hydrogen-bond acceptors (Lipinski definition) is 1. The second-order valence-electron chi connectivity index (χ2n) is 6.91. The lowest BCUT2D eigenvalue weighted by Crippen LogP contribution is -1.89. The summed E-state index contributed by atoms with van der Waals surface area (Å²) in [4.78, 5) is 0. The largest absolute Gasteiger partial charge is 0.454 e. The molecule has 0 saturated carbocycles. The quantitative estimate of drug-likeness (QED) is 0.366. The van der Waals surface area contributed by atoms with Gasteiger partial charge in [0, 0.05) is 34.1 Å². The third-order valence-corrected chi connectivity index (χ3v) is 5.42. The molecule has 0 amide bonds. The zero-order valence-corrected chi connectivity index (χ0v) is 14.7. The minimum absolute atomic E-state index is 0.960. The maximum Gasteiger partial charge on any atom is 0.159 e. The van der Waals surface area contributed by atoms with E-state index in [-0.39, 0.29) is 0 Å². The Morgan fingerprint density at radius 1 is 0.880 bits per heavy atom. The van der Waals surface area contributed by atoms with Crippen LogP contribution in [-0.4, -0.2) is 4.57 Å². The fraction of sp³-hybridized carbons (Fsp3) is 0.217. The molecular formula is C23H21NO. The zero-order valence-electron chi connectivity index (χ0n) is 14.7. The van der Waals surface area contributed by atoms with Crippen LogP contribution < -0.4 is 0 Å². The summed E-state index contributed by atoms with van der Waals surface area (Å²) < 4.78 is 8.57. The van der Waals surface area contributed by atoms with Crippen molar-refractivity contribution in [2.45, 2.75) is 26.2 Å². The number of nitrogens with zero attached hydrogens (tertiary/aromatic N) is 1. The number of hydrogen-bond donors (Lipinski definition) is 0. The summed E-state index contributed by atoms with van der Waals surface area (Å²) in [5.74, 6) is 0. The third kappa shape index (κ3) is 1.97. The molecule has 0 spiro atoms. The molecule has 0 fully saturated rings. The van der Waals surface area contributed by atoms with E-state index in [0.29, 0.717) is 0 Å². The van der Waals surface area contributed by atoms with Crippen molar-refractivity contribution in [1.29, 1.82) is 0 Å². The molecule has 2 heteroatoms. The summed E-state index contributed by atoms with van der Waals surface area (Å²) in [5.41, 5.74) is 5.89. The highest BCUT2D eigenvalue weighted by molar-refractivity contribution is 6.21. The second-order valence-corrected chi connectivity index (χ2v) is 6.91. The van der Waals surface area contributed by atoms with Crippen molar-refractivity contribution in [3.63, 3.8) is 0 Å². The Labute approximate surface area is 146 Å². The van der Waals surface area contributed by atoms with Gasteiger partial charge in [0.15, 0.2) is 5.58 Å². The third-order valence-electron chi connectivity index (χ3n) is 5.42. The summed E-state index contributed by atoms with van der Waals surface area (Å²) in [6.45, 7) is 2.25. The van der Waals surface area contributed by atoms with Crippen LogP contribution in [-0.2, 0) is 13.5 Å². The maximum absolute atomic E-state index is 6.28. The first-order chi connectivity index (χ1) is 12.3. The molecule has 2 nitrogen and oxygen atoms in total. The minimum atomic E-state index is 0.960. The molecule has 0 aliphatic carbocycles. The van der Waals surface area contributed by atoms with E-state index in [1.807, 2.05) is 6.07 Å². The van der Waals surface area contributed by atoms with Crippen LogP contribution in [0.15, 0.2) is 59.0 Å². The molecular weight excluding hydrogens is 306 g/mol. The SMILES string of the molecule is CCCCc1cccc2c1c1ccc3c4ccccc4oc3c1n2C. The molecule has 25 heavy (non-hydrogen) atoms. The van der Waals surface area contributed by atoms with Crippen molar-refractivity contribution in [3.8, 4) is 0 Å². The van der Waals surface area contributed by atoms with E-state index >= 15 is 0 Å². The van der Waals surface area contributed by atoms with E-state index < -0.39 is 0 Å². The first-order valence-electron chi connectivity index (χ1n) is 9.10. The molecule has 5 aromatic rings. The normalized spacial score (nSPS) is 12.1. The molecule has 0 atom stereocenters. The van der Waals surface area contributed by atoms with Crippen molar-refractivity contribution in [1.82, 2.24) is 4.57 Å². The van der Waals surface area contributed by atoms with Crippen molar-refractivity contribution < 1.29 is 4.42 Å². The van der Waals surface area contributed by atoms with Crippen LogP contribution in [0.25, 0.3) is 43.7 Å². The van der Waals surface area contributed by atoms with Gasteiger partial charge in [-0.2, -0.15) is 0 Å². The van der Waals surface area contributed by atoms with Crippen LogP contribution in [0, 0.1) is 0 Å². The molecule has 5 rings (SSSR count). The Balaban J connectivity index is 1.95. The lowest BCUT2D eigenvalue weighted by Gasteiger charge is -2.03. The van der Waals surface area contributed by atoms with Crippen LogP contribution in [0.5, 0.6) is 0 Å². The van der Waals surface area contributed by atoms with Gasteiger partial charge in [-0.1, -0.05) is 49.7 Å². The topological polar surface area (TPSA) is 18.1 Å². The van der Waals surface area contributed by atoms with Gasteiger partial charge in [0.2, 0.25) is 0 Å². The molecule has 0 aliphatic heterocycles. The molecule has 0 radical (unpaired) electrons. The highest BCUT2D eigenvalue weighted by Crippen LogP contribution is 2.39. The number of aryl methyl sites for hydroxylation is 2. The molecule has 0 aliphatic rings. The Hall–Kier alpha value is -2.74. The Bertz CT molecular complexity index is 1240. The van der Waals surface area contributed by atoms with Crippen molar-refractivity contribution >= 4 is 43.7 Å². The van der Waals surface area contributed by atoms with Crippen molar-refractivity contribution in [3.05, 3.63) is 60.2 Å². The maximum atomic E-state index is 6.28. The number of benzene rings is 3. The van der Waals surface area contributed by atoms with Gasteiger partial charge in [-0.3, -0.25) is 0 Å². The average molecular weight is 327 g/mol. The van der Waals surface area contributed by atoms with Gasteiger partial charge in [-0.05, 0) is 36.6 Å². The predicted octanol–water partition coefficient (Wildman–Crippen LogP) is 6.57. The molecule has 2 aromatic heterocycles.